The van der Waals surface area contributed by atoms with Crippen molar-refractivity contribution in [3.63, 3.8) is 0 Å². The van der Waals surface area contributed by atoms with Crippen molar-refractivity contribution in [2.45, 2.75) is 18.9 Å². The largest absolute Gasteiger partial charge is 0.469 e. The van der Waals surface area contributed by atoms with Crippen molar-refractivity contribution in [1.82, 2.24) is 0 Å². The number of hydrogen-bond donors (Lipinski definition) is 1. The van der Waals surface area contributed by atoms with E-state index in [0.717, 1.165) is 18.2 Å². The number of carbonyl (C=O) groups excluding carboxylic acids is 1. The molecule has 2 rings (SSSR count). The number of nitrogens with zero attached hydrogens (tertiary/aromatic N) is 1. The van der Waals surface area contributed by atoms with Crippen molar-refractivity contribution in [3.05, 3.63) is 34.1 Å². The van der Waals surface area contributed by atoms with Crippen molar-refractivity contribution < 1.29 is 18.8 Å². The first-order valence-electron chi connectivity index (χ1n) is 5.79. The fourth-order valence-corrected chi connectivity index (χ4v) is 2.10. The lowest BCUT2D eigenvalue weighted by Gasteiger charge is -2.34. The average molecular weight is 268 g/mol. The summed E-state index contributed by atoms with van der Waals surface area (Å²) in [5, 5.41) is 13.7. The standard InChI is InChI=1S/C12H13FN2O4/c1-19-12(16)7-4-9(5-7)14-10-6-8(13)2-3-11(10)15(17)18/h2-3,6-7,9,14H,4-5H2,1H3. The van der Waals surface area contributed by atoms with Crippen LogP contribution in [-0.2, 0) is 9.53 Å². The summed E-state index contributed by atoms with van der Waals surface area (Å²) in [6.07, 6.45) is 1.06. The van der Waals surface area contributed by atoms with Gasteiger partial charge in [-0.1, -0.05) is 0 Å². The summed E-state index contributed by atoms with van der Waals surface area (Å²) in [5.74, 6) is -1.01. The number of ether oxygens (including phenoxy) is 1. The lowest BCUT2D eigenvalue weighted by atomic mass is 9.80. The Morgan fingerprint density at radius 2 is 2.21 bits per heavy atom. The first-order valence-corrected chi connectivity index (χ1v) is 5.79. The zero-order valence-electron chi connectivity index (χ0n) is 10.3. The summed E-state index contributed by atoms with van der Waals surface area (Å²) in [5.41, 5.74) is -0.0405. The van der Waals surface area contributed by atoms with Gasteiger partial charge >= 0.3 is 5.97 Å². The Balaban J connectivity index is 2.03. The third-order valence-electron chi connectivity index (χ3n) is 3.19. The first-order chi connectivity index (χ1) is 9.01. The van der Waals surface area contributed by atoms with Crippen LogP contribution in [0.2, 0.25) is 0 Å². The van der Waals surface area contributed by atoms with Gasteiger partial charge in [-0.2, -0.15) is 0 Å². The van der Waals surface area contributed by atoms with Gasteiger partial charge in [0.2, 0.25) is 0 Å². The Labute approximate surface area is 108 Å². The van der Waals surface area contributed by atoms with Crippen molar-refractivity contribution in [1.29, 1.82) is 0 Å². The molecule has 0 saturated heterocycles. The Kier molecular flexibility index (Phi) is 3.64. The molecule has 102 valence electrons. The molecule has 0 atom stereocenters. The van der Waals surface area contributed by atoms with Crippen LogP contribution in [0.25, 0.3) is 0 Å². The number of esters is 1. The normalized spacial score (nSPS) is 21.4. The molecule has 0 heterocycles. The van der Waals surface area contributed by atoms with Crippen molar-refractivity contribution in [2.24, 2.45) is 5.92 Å². The van der Waals surface area contributed by atoms with Crippen LogP contribution >= 0.6 is 0 Å². The summed E-state index contributed by atoms with van der Waals surface area (Å²) >= 11 is 0. The highest BCUT2D eigenvalue weighted by Gasteiger charge is 2.36. The van der Waals surface area contributed by atoms with Gasteiger partial charge in [0.25, 0.3) is 5.69 Å². The average Bonchev–Trinajstić information content (AvgIpc) is 2.32. The maximum absolute atomic E-state index is 13.1. The Bertz CT molecular complexity index is 514. The van der Waals surface area contributed by atoms with Crippen LogP contribution in [0.1, 0.15) is 12.8 Å². The lowest BCUT2D eigenvalue weighted by Crippen LogP contribution is -2.40. The number of halogens is 1. The molecule has 1 saturated carbocycles. The van der Waals surface area contributed by atoms with E-state index >= 15 is 0 Å². The summed E-state index contributed by atoms with van der Waals surface area (Å²) in [4.78, 5) is 21.4. The summed E-state index contributed by atoms with van der Waals surface area (Å²) < 4.78 is 17.7. The monoisotopic (exact) mass is 268 g/mol. The molecular weight excluding hydrogens is 255 g/mol. The topological polar surface area (TPSA) is 81.5 Å². The number of carbonyl (C=O) groups is 1. The number of nitro groups is 1. The molecule has 0 amide bonds. The predicted octanol–water partition coefficient (Wildman–Crippen LogP) is 2.10. The van der Waals surface area contributed by atoms with Gasteiger partial charge in [0.05, 0.1) is 18.0 Å². The minimum absolute atomic E-state index is 0.0791. The van der Waals surface area contributed by atoms with E-state index < -0.39 is 10.7 Å². The number of methoxy groups -OCH3 is 1. The van der Waals surface area contributed by atoms with Crippen LogP contribution in [-0.4, -0.2) is 24.0 Å². The van der Waals surface area contributed by atoms with Gasteiger partial charge in [-0.25, -0.2) is 4.39 Å². The first kappa shape index (κ1) is 13.3. The van der Waals surface area contributed by atoms with Crippen LogP contribution in [0.4, 0.5) is 15.8 Å². The number of nitrogens with one attached hydrogen (secondary N) is 1. The molecule has 0 aromatic heterocycles. The SMILES string of the molecule is COC(=O)C1CC(Nc2cc(F)ccc2[N+](=O)[O-])C1. The van der Waals surface area contributed by atoms with Crippen molar-refractivity contribution in [2.75, 3.05) is 12.4 Å². The van der Waals surface area contributed by atoms with Gasteiger partial charge in [0.1, 0.15) is 11.5 Å². The highest BCUT2D eigenvalue weighted by Crippen LogP contribution is 2.34. The summed E-state index contributed by atoms with van der Waals surface area (Å²) in [6, 6.07) is 3.17. The highest BCUT2D eigenvalue weighted by molar-refractivity contribution is 5.74. The molecule has 6 nitrogen and oxygen atoms in total. The van der Waals surface area contributed by atoms with Gasteiger partial charge in [0, 0.05) is 18.2 Å². The van der Waals surface area contributed by atoms with E-state index in [2.05, 4.69) is 10.1 Å². The van der Waals surface area contributed by atoms with Crippen LogP contribution in [0.15, 0.2) is 18.2 Å². The second-order valence-corrected chi connectivity index (χ2v) is 4.45. The quantitative estimate of drug-likeness (QED) is 0.513. The van der Waals surface area contributed by atoms with E-state index in [1.165, 1.54) is 7.11 Å². The minimum atomic E-state index is -0.571. The molecule has 1 N–H and O–H groups in total. The van der Waals surface area contributed by atoms with Crippen LogP contribution in [0, 0.1) is 21.8 Å². The Morgan fingerprint density at radius 1 is 1.53 bits per heavy atom. The van der Waals surface area contributed by atoms with Crippen molar-refractivity contribution in [3.8, 4) is 0 Å². The third kappa shape index (κ3) is 2.81. The molecule has 1 aliphatic carbocycles. The number of rotatable bonds is 4. The fraction of sp³-hybridized carbons (Fsp3) is 0.417. The minimum Gasteiger partial charge on any atom is -0.469 e. The summed E-state index contributed by atoms with van der Waals surface area (Å²) in [7, 11) is 1.32. The van der Waals surface area contributed by atoms with Gasteiger partial charge in [-0.05, 0) is 18.9 Å². The smallest absolute Gasteiger partial charge is 0.308 e. The number of benzene rings is 1. The number of nitro benzene ring substituents is 1. The zero-order valence-corrected chi connectivity index (χ0v) is 10.3. The molecular formula is C12H13FN2O4. The van der Waals surface area contributed by atoms with Gasteiger partial charge in [-0.15, -0.1) is 0 Å². The molecule has 1 aromatic carbocycles. The van der Waals surface area contributed by atoms with E-state index in [9.17, 15) is 19.3 Å². The summed E-state index contributed by atoms with van der Waals surface area (Å²) in [6.45, 7) is 0. The molecule has 0 spiro atoms. The van der Waals surface area contributed by atoms with E-state index in [1.807, 2.05) is 0 Å². The molecule has 0 bridgehead atoms. The van der Waals surface area contributed by atoms with E-state index in [1.54, 1.807) is 0 Å². The van der Waals surface area contributed by atoms with Crippen LogP contribution in [0.3, 0.4) is 0 Å². The molecule has 7 heteroatoms. The molecule has 1 fully saturated rings. The molecule has 1 aliphatic rings. The molecule has 19 heavy (non-hydrogen) atoms. The van der Waals surface area contributed by atoms with Crippen molar-refractivity contribution >= 4 is 17.3 Å². The van der Waals surface area contributed by atoms with Gasteiger partial charge in [-0.3, -0.25) is 14.9 Å². The zero-order chi connectivity index (χ0) is 14.0. The van der Waals surface area contributed by atoms with E-state index in [0.29, 0.717) is 12.8 Å². The second kappa shape index (κ2) is 5.21. The maximum atomic E-state index is 13.1. The predicted molar refractivity (Wildman–Crippen MR) is 65.2 cm³/mol. The Morgan fingerprint density at radius 3 is 2.79 bits per heavy atom. The van der Waals surface area contributed by atoms with E-state index in [-0.39, 0.29) is 29.3 Å². The number of hydrogen-bond acceptors (Lipinski definition) is 5. The third-order valence-corrected chi connectivity index (χ3v) is 3.19. The molecule has 0 radical (unpaired) electrons. The fourth-order valence-electron chi connectivity index (χ4n) is 2.10. The highest BCUT2D eigenvalue weighted by atomic mass is 19.1. The van der Waals surface area contributed by atoms with Crippen LogP contribution in [0.5, 0.6) is 0 Å². The van der Waals surface area contributed by atoms with E-state index in [4.69, 9.17) is 0 Å². The van der Waals surface area contributed by atoms with Crippen LogP contribution < -0.4 is 5.32 Å². The maximum Gasteiger partial charge on any atom is 0.308 e. The Hall–Kier alpha value is -2.18. The second-order valence-electron chi connectivity index (χ2n) is 4.45. The molecule has 0 aliphatic heterocycles. The van der Waals surface area contributed by atoms with Gasteiger partial charge < -0.3 is 10.1 Å². The molecule has 1 aromatic rings. The number of anilines is 1. The molecule has 0 unspecified atom stereocenters. The lowest BCUT2D eigenvalue weighted by molar-refractivity contribution is -0.384. The van der Waals surface area contributed by atoms with Gasteiger partial charge in [0.15, 0.2) is 0 Å².